The average Bonchev–Trinajstić information content (AvgIpc) is 0.688. The number of nitrogens with zero attached hydrogens (tertiary/aromatic N) is 5. The van der Waals surface area contributed by atoms with Crippen LogP contribution < -0.4 is 62.0 Å². The van der Waals surface area contributed by atoms with E-state index in [2.05, 4.69) is 341 Å². The molecule has 4 aliphatic heterocycles. The summed E-state index contributed by atoms with van der Waals surface area (Å²) in [5.41, 5.74) is 31.8. The molecule has 0 radical (unpaired) electrons. The fourth-order valence-electron chi connectivity index (χ4n) is 16.2. The van der Waals surface area contributed by atoms with Crippen LogP contribution in [0.25, 0.3) is 0 Å². The Morgan fingerprint density at radius 3 is 1.41 bits per heavy atom. The molecule has 0 fully saturated rings. The largest absolute Gasteiger partial charge is 0.458 e. The van der Waals surface area contributed by atoms with Gasteiger partial charge in [0.1, 0.15) is 11.5 Å². The van der Waals surface area contributed by atoms with Crippen LogP contribution in [-0.4, -0.2) is 13.4 Å². The van der Waals surface area contributed by atoms with Gasteiger partial charge < -0.3 is 29.2 Å². The van der Waals surface area contributed by atoms with Crippen LogP contribution >= 0.6 is 0 Å². The van der Waals surface area contributed by atoms with Gasteiger partial charge in [-0.1, -0.05) is 185 Å². The summed E-state index contributed by atoms with van der Waals surface area (Å²) in [6.07, 6.45) is 2.28. The first-order valence-corrected chi connectivity index (χ1v) is 32.7. The first-order chi connectivity index (χ1) is 44.8. The van der Waals surface area contributed by atoms with Gasteiger partial charge in [0.05, 0.1) is 17.1 Å². The van der Waals surface area contributed by atoms with E-state index in [4.69, 9.17) is 4.74 Å². The van der Waals surface area contributed by atoms with E-state index in [0.717, 1.165) is 104 Å². The molecule has 92 heavy (non-hydrogen) atoms. The van der Waals surface area contributed by atoms with Crippen molar-refractivity contribution < 1.29 is 4.74 Å². The molecular formula is C84H71B2N5O. The smallest absolute Gasteiger partial charge is 0.256 e. The molecule has 0 bridgehead atoms. The summed E-state index contributed by atoms with van der Waals surface area (Å²) in [6.45, 7) is 18.4. The second-order valence-electron chi connectivity index (χ2n) is 27.3. The van der Waals surface area contributed by atoms with Crippen LogP contribution in [0.1, 0.15) is 73.9 Å². The van der Waals surface area contributed by atoms with E-state index >= 15 is 0 Å². The number of anilines is 15. The summed E-state index contributed by atoms with van der Waals surface area (Å²) in [5, 5.41) is 0. The highest BCUT2D eigenvalue weighted by molar-refractivity contribution is 7.02. The van der Waals surface area contributed by atoms with Gasteiger partial charge in [0.15, 0.2) is 0 Å². The van der Waals surface area contributed by atoms with E-state index in [1.54, 1.807) is 0 Å². The number of ether oxygens (including phenoxy) is 1. The maximum atomic E-state index is 7.34. The van der Waals surface area contributed by atoms with Crippen molar-refractivity contribution >= 4 is 132 Å². The second-order valence-corrected chi connectivity index (χ2v) is 27.3. The Morgan fingerprint density at radius 1 is 0.326 bits per heavy atom. The Kier molecular flexibility index (Phi) is 12.7. The van der Waals surface area contributed by atoms with E-state index < -0.39 is 0 Å². The van der Waals surface area contributed by atoms with Crippen LogP contribution in [0.2, 0.25) is 0 Å². The summed E-state index contributed by atoms with van der Waals surface area (Å²) in [4.78, 5) is 12.7. The molecule has 0 atom stereocenters. The Morgan fingerprint density at radius 2 is 0.804 bits per heavy atom. The zero-order valence-electron chi connectivity index (χ0n) is 53.5. The quantitative estimate of drug-likeness (QED) is 0.134. The molecule has 0 N–H and O–H groups in total. The van der Waals surface area contributed by atoms with Crippen molar-refractivity contribution in [1.29, 1.82) is 0 Å². The van der Waals surface area contributed by atoms with Gasteiger partial charge >= 0.3 is 0 Å². The zero-order valence-corrected chi connectivity index (χ0v) is 53.5. The van der Waals surface area contributed by atoms with Gasteiger partial charge in [-0.3, -0.25) is 0 Å². The summed E-state index contributed by atoms with van der Waals surface area (Å²) in [7, 11) is 0. The third-order valence-electron chi connectivity index (χ3n) is 20.8. The van der Waals surface area contributed by atoms with Crippen LogP contribution in [0.3, 0.4) is 0 Å². The van der Waals surface area contributed by atoms with Gasteiger partial charge in [-0.2, -0.15) is 0 Å². The molecule has 5 aliphatic rings. The Labute approximate surface area is 542 Å². The number of hydrogen-bond acceptors (Lipinski definition) is 6. The number of para-hydroxylation sites is 8. The lowest BCUT2D eigenvalue weighted by Crippen LogP contribution is -2.64. The van der Waals surface area contributed by atoms with Gasteiger partial charge in [-0.25, -0.2) is 0 Å². The van der Waals surface area contributed by atoms with Gasteiger partial charge in [0, 0.05) is 74.3 Å². The highest BCUT2D eigenvalue weighted by Gasteiger charge is 2.49. The topological polar surface area (TPSA) is 25.4 Å². The first kappa shape index (κ1) is 55.6. The Hall–Kier alpha value is -10.4. The number of rotatable bonds is 9. The average molecular weight is 1190 g/mol. The van der Waals surface area contributed by atoms with Gasteiger partial charge in [-0.05, 0) is 215 Å². The Balaban J connectivity index is 0.983. The molecule has 0 spiro atoms. The minimum Gasteiger partial charge on any atom is -0.458 e. The van der Waals surface area contributed by atoms with Crippen molar-refractivity contribution in [2.75, 3.05) is 24.5 Å². The van der Waals surface area contributed by atoms with Crippen molar-refractivity contribution in [2.45, 2.75) is 79.1 Å². The minimum atomic E-state index is -0.173. The molecule has 12 aromatic carbocycles. The number of benzene rings is 12. The second kappa shape index (κ2) is 21.1. The van der Waals surface area contributed by atoms with Crippen molar-refractivity contribution in [3.8, 4) is 11.5 Å². The van der Waals surface area contributed by atoms with Crippen LogP contribution in [0, 0.1) is 27.7 Å². The van der Waals surface area contributed by atoms with Gasteiger partial charge in [0.25, 0.3) is 13.4 Å². The lowest BCUT2D eigenvalue weighted by atomic mass is 9.30. The molecule has 12 aromatic rings. The first-order valence-electron chi connectivity index (χ1n) is 32.7. The number of fused-ring (bicyclic) bond motifs is 9. The predicted octanol–water partition coefficient (Wildman–Crippen LogP) is 18.7. The molecule has 4 heterocycles. The van der Waals surface area contributed by atoms with E-state index in [0.29, 0.717) is 0 Å². The predicted molar refractivity (Wildman–Crippen MR) is 390 cm³/mol. The molecule has 1 aliphatic carbocycles. The normalized spacial score (nSPS) is 14.8. The van der Waals surface area contributed by atoms with E-state index in [9.17, 15) is 0 Å². The Bertz CT molecular complexity index is 4900. The molecule has 0 saturated carbocycles. The fraction of sp³-hybridized carbons (Fsp3) is 0.143. The highest BCUT2D eigenvalue weighted by Crippen LogP contribution is 2.54. The van der Waals surface area contributed by atoms with Crippen LogP contribution in [0.4, 0.5) is 85.3 Å². The summed E-state index contributed by atoms with van der Waals surface area (Å²) >= 11 is 0. The molecule has 17 rings (SSSR count). The minimum absolute atomic E-state index is 0.00763. The third-order valence-corrected chi connectivity index (χ3v) is 20.8. The molecule has 444 valence electrons. The van der Waals surface area contributed by atoms with Crippen molar-refractivity contribution in [3.63, 3.8) is 0 Å². The highest BCUT2D eigenvalue weighted by atomic mass is 16.5. The molecule has 0 aromatic heterocycles. The summed E-state index contributed by atoms with van der Waals surface area (Å²) in [5.74, 6) is 1.72. The molecule has 0 saturated heterocycles. The maximum Gasteiger partial charge on any atom is 0.256 e. The maximum absolute atomic E-state index is 7.34. The van der Waals surface area contributed by atoms with Crippen LogP contribution in [0.5, 0.6) is 11.5 Å². The van der Waals surface area contributed by atoms with Crippen molar-refractivity contribution in [2.24, 2.45) is 0 Å². The fourth-order valence-corrected chi connectivity index (χ4v) is 16.2. The number of aryl methyl sites for hydroxylation is 4. The monoisotopic (exact) mass is 1190 g/mol. The molecular weight excluding hydrogens is 1120 g/mol. The zero-order chi connectivity index (χ0) is 62.3. The molecule has 0 amide bonds. The van der Waals surface area contributed by atoms with Gasteiger partial charge in [0.2, 0.25) is 0 Å². The number of hydrogen-bond donors (Lipinski definition) is 0. The molecule has 8 heteroatoms. The summed E-state index contributed by atoms with van der Waals surface area (Å²) in [6, 6.07) is 97.8. The van der Waals surface area contributed by atoms with E-state index in [1.807, 2.05) is 0 Å². The third kappa shape index (κ3) is 8.56. The SMILES string of the molecule is Cc1ccccc1N(c1cc2c3c(c1)N(c1ccccc1)c1cc4c(cc1B3c1ccccc1N2c1ccc2c(c1)C(C)(C)CCC2(C)C)B1c2ccccc2Oc2cc(N(c3ccccc3)c3c(C)cccc3C)cc(c21)N4c1ccccc1)c1ccccc1C. The summed E-state index contributed by atoms with van der Waals surface area (Å²) < 4.78 is 7.34. The lowest BCUT2D eigenvalue weighted by molar-refractivity contribution is 0.332. The van der Waals surface area contributed by atoms with Crippen LogP contribution in [-0.2, 0) is 10.8 Å². The van der Waals surface area contributed by atoms with Crippen LogP contribution in [0.15, 0.2) is 261 Å². The van der Waals surface area contributed by atoms with Crippen molar-refractivity contribution in [3.05, 3.63) is 294 Å². The molecule has 6 nitrogen and oxygen atoms in total. The van der Waals surface area contributed by atoms with E-state index in [-0.39, 0.29) is 24.3 Å². The standard InChI is InChI=1S/C84H71B2N5O/c1-54-27-18-22-39-70(54)91(71-40-23-19-28-55(71)2)62-48-75-80-76(49-62)90(61-43-44-64-65(47-61)84(7,8)46-45-83(64,5)6)72-41-24-20-37-66(72)85(80)68-52-69-74(53-73(68)88(75)59-33-14-10-15-34-59)89(60-35-16-11-17-36-60)77-50-63(51-79-81(77)86(69)67-38-21-25-42-78(67)92-79)87(58-31-12-9-13-32-58)82-56(3)29-26-30-57(82)4/h9-44,47-53H,45-46H2,1-8H3. The molecule has 0 unspecified atom stereocenters. The van der Waals surface area contributed by atoms with E-state index in [1.165, 1.54) is 72.3 Å². The lowest BCUT2D eigenvalue weighted by Gasteiger charge is -2.47. The van der Waals surface area contributed by atoms with Gasteiger partial charge in [-0.15, -0.1) is 0 Å². The van der Waals surface area contributed by atoms with Crippen molar-refractivity contribution in [1.82, 2.24) is 0 Å².